The summed E-state index contributed by atoms with van der Waals surface area (Å²) < 4.78 is 0. The molecule has 0 spiro atoms. The Kier molecular flexibility index (Phi) is 3.74. The molecular formula is C13H18N2O2. The van der Waals surface area contributed by atoms with Gasteiger partial charge in [-0.15, -0.1) is 0 Å². The fourth-order valence-electron chi connectivity index (χ4n) is 2.30. The van der Waals surface area contributed by atoms with Crippen molar-refractivity contribution in [3.8, 4) is 0 Å². The van der Waals surface area contributed by atoms with Gasteiger partial charge in [-0.25, -0.2) is 0 Å². The largest absolute Gasteiger partial charge is 0.394 e. The van der Waals surface area contributed by atoms with Crippen LogP contribution in [0.15, 0.2) is 18.3 Å². The molecule has 0 saturated carbocycles. The van der Waals surface area contributed by atoms with E-state index in [4.69, 9.17) is 0 Å². The Bertz CT molecular complexity index is 406. The molecule has 2 heterocycles. The number of rotatable bonds is 3. The maximum absolute atomic E-state index is 12.1. The molecule has 0 bridgehead atoms. The minimum atomic E-state index is 0.00604. The molecule has 1 atom stereocenters. The summed E-state index contributed by atoms with van der Waals surface area (Å²) in [5.74, 6) is 0.0725. The lowest BCUT2D eigenvalue weighted by Gasteiger charge is -2.23. The fourth-order valence-corrected chi connectivity index (χ4v) is 2.30. The summed E-state index contributed by atoms with van der Waals surface area (Å²) in [5.41, 5.74) is 1.88. The SMILES string of the molecule is Cc1cccnc1CC(=O)N1CCC[C@@H]1CO. The zero-order valence-electron chi connectivity index (χ0n) is 10.1. The molecule has 92 valence electrons. The number of hydrogen-bond acceptors (Lipinski definition) is 3. The second-order valence-electron chi connectivity index (χ2n) is 4.51. The van der Waals surface area contributed by atoms with Gasteiger partial charge in [-0.05, 0) is 31.4 Å². The summed E-state index contributed by atoms with van der Waals surface area (Å²) in [7, 11) is 0. The third-order valence-corrected chi connectivity index (χ3v) is 3.34. The van der Waals surface area contributed by atoms with E-state index in [1.54, 1.807) is 11.1 Å². The molecule has 4 nitrogen and oxygen atoms in total. The highest BCUT2D eigenvalue weighted by Gasteiger charge is 2.28. The van der Waals surface area contributed by atoms with Crippen molar-refractivity contribution in [3.05, 3.63) is 29.6 Å². The van der Waals surface area contributed by atoms with Crippen LogP contribution in [0.5, 0.6) is 0 Å². The Morgan fingerprint density at radius 2 is 2.47 bits per heavy atom. The van der Waals surface area contributed by atoms with E-state index in [1.165, 1.54) is 0 Å². The predicted molar refractivity (Wildman–Crippen MR) is 64.5 cm³/mol. The van der Waals surface area contributed by atoms with Crippen LogP contribution in [-0.2, 0) is 11.2 Å². The van der Waals surface area contributed by atoms with E-state index in [-0.39, 0.29) is 18.6 Å². The summed E-state index contributed by atoms with van der Waals surface area (Å²) in [4.78, 5) is 18.1. The van der Waals surface area contributed by atoms with Crippen LogP contribution in [0, 0.1) is 6.92 Å². The zero-order valence-corrected chi connectivity index (χ0v) is 10.1. The molecule has 1 aliphatic rings. The number of pyridine rings is 1. The minimum Gasteiger partial charge on any atom is -0.394 e. The van der Waals surface area contributed by atoms with Gasteiger partial charge in [0.2, 0.25) is 5.91 Å². The number of carbonyl (C=O) groups is 1. The molecule has 2 rings (SSSR count). The quantitative estimate of drug-likeness (QED) is 0.846. The van der Waals surface area contributed by atoms with Crippen LogP contribution >= 0.6 is 0 Å². The van der Waals surface area contributed by atoms with E-state index in [0.717, 1.165) is 30.6 Å². The molecule has 0 unspecified atom stereocenters. The van der Waals surface area contributed by atoms with Gasteiger partial charge in [0.05, 0.1) is 24.8 Å². The van der Waals surface area contributed by atoms with Gasteiger partial charge in [0.15, 0.2) is 0 Å². The third-order valence-electron chi connectivity index (χ3n) is 3.34. The molecule has 1 fully saturated rings. The monoisotopic (exact) mass is 234 g/mol. The van der Waals surface area contributed by atoms with Gasteiger partial charge in [-0.3, -0.25) is 9.78 Å². The first-order chi connectivity index (χ1) is 8.22. The van der Waals surface area contributed by atoms with Gasteiger partial charge in [0, 0.05) is 12.7 Å². The van der Waals surface area contributed by atoms with Crippen LogP contribution in [0.2, 0.25) is 0 Å². The Labute approximate surface area is 101 Å². The van der Waals surface area contributed by atoms with Crippen LogP contribution in [0.3, 0.4) is 0 Å². The molecule has 1 aliphatic heterocycles. The molecule has 1 aromatic heterocycles. The van der Waals surface area contributed by atoms with Crippen LogP contribution in [0.25, 0.3) is 0 Å². The van der Waals surface area contributed by atoms with E-state index < -0.39 is 0 Å². The summed E-state index contributed by atoms with van der Waals surface area (Å²) in [6.07, 6.45) is 3.94. The van der Waals surface area contributed by atoms with Crippen molar-refractivity contribution in [3.63, 3.8) is 0 Å². The fraction of sp³-hybridized carbons (Fsp3) is 0.538. The van der Waals surface area contributed by atoms with Gasteiger partial charge >= 0.3 is 0 Å². The second kappa shape index (κ2) is 5.27. The summed E-state index contributed by atoms with van der Waals surface area (Å²) in [5, 5.41) is 9.20. The number of amides is 1. The van der Waals surface area contributed by atoms with E-state index in [9.17, 15) is 9.90 Å². The van der Waals surface area contributed by atoms with Crippen molar-refractivity contribution in [2.75, 3.05) is 13.2 Å². The van der Waals surface area contributed by atoms with Crippen molar-refractivity contribution in [1.82, 2.24) is 9.88 Å². The number of aryl methyl sites for hydroxylation is 1. The molecule has 1 N–H and O–H groups in total. The van der Waals surface area contributed by atoms with Crippen LogP contribution in [-0.4, -0.2) is 40.1 Å². The summed E-state index contributed by atoms with van der Waals surface area (Å²) >= 11 is 0. The number of likely N-dealkylation sites (tertiary alicyclic amines) is 1. The van der Waals surface area contributed by atoms with Crippen LogP contribution in [0.4, 0.5) is 0 Å². The molecule has 0 aromatic carbocycles. The van der Waals surface area contributed by atoms with Crippen molar-refractivity contribution in [2.24, 2.45) is 0 Å². The number of hydrogen-bond donors (Lipinski definition) is 1. The maximum atomic E-state index is 12.1. The molecule has 17 heavy (non-hydrogen) atoms. The van der Waals surface area contributed by atoms with Crippen molar-refractivity contribution in [2.45, 2.75) is 32.2 Å². The van der Waals surface area contributed by atoms with Crippen molar-refractivity contribution >= 4 is 5.91 Å². The van der Waals surface area contributed by atoms with E-state index in [2.05, 4.69) is 4.98 Å². The third kappa shape index (κ3) is 2.64. The first-order valence-corrected chi connectivity index (χ1v) is 6.03. The molecule has 1 aromatic rings. The van der Waals surface area contributed by atoms with Crippen LogP contribution in [0.1, 0.15) is 24.1 Å². The number of carbonyl (C=O) groups excluding carboxylic acids is 1. The highest BCUT2D eigenvalue weighted by Crippen LogP contribution is 2.18. The average Bonchev–Trinajstić information content (AvgIpc) is 2.80. The maximum Gasteiger partial charge on any atom is 0.228 e. The van der Waals surface area contributed by atoms with Crippen LogP contribution < -0.4 is 0 Å². The topological polar surface area (TPSA) is 53.4 Å². The molecule has 4 heteroatoms. The highest BCUT2D eigenvalue weighted by molar-refractivity contribution is 5.79. The van der Waals surface area contributed by atoms with E-state index in [0.29, 0.717) is 6.42 Å². The normalized spacial score (nSPS) is 19.6. The molecule has 1 saturated heterocycles. The number of aromatic nitrogens is 1. The first kappa shape index (κ1) is 12.0. The Balaban J connectivity index is 2.04. The lowest BCUT2D eigenvalue weighted by Crippen LogP contribution is -2.38. The smallest absolute Gasteiger partial charge is 0.228 e. The molecule has 0 radical (unpaired) electrons. The Morgan fingerprint density at radius 1 is 1.65 bits per heavy atom. The molecule has 1 amide bonds. The highest BCUT2D eigenvalue weighted by atomic mass is 16.3. The molecule has 0 aliphatic carbocycles. The zero-order chi connectivity index (χ0) is 12.3. The van der Waals surface area contributed by atoms with Gasteiger partial charge in [-0.2, -0.15) is 0 Å². The minimum absolute atomic E-state index is 0.00604. The van der Waals surface area contributed by atoms with Crippen molar-refractivity contribution in [1.29, 1.82) is 0 Å². The number of aliphatic hydroxyl groups is 1. The van der Waals surface area contributed by atoms with Crippen molar-refractivity contribution < 1.29 is 9.90 Å². The van der Waals surface area contributed by atoms with E-state index in [1.807, 2.05) is 19.1 Å². The van der Waals surface area contributed by atoms with Gasteiger partial charge in [0.1, 0.15) is 0 Å². The van der Waals surface area contributed by atoms with Gasteiger partial charge in [0.25, 0.3) is 0 Å². The second-order valence-corrected chi connectivity index (χ2v) is 4.51. The molecular weight excluding hydrogens is 216 g/mol. The first-order valence-electron chi connectivity index (χ1n) is 6.03. The van der Waals surface area contributed by atoms with Gasteiger partial charge in [-0.1, -0.05) is 6.07 Å². The number of aliphatic hydroxyl groups excluding tert-OH is 1. The standard InChI is InChI=1S/C13H18N2O2/c1-10-4-2-6-14-12(10)8-13(17)15-7-3-5-11(15)9-16/h2,4,6,11,16H,3,5,7-9H2,1H3/t11-/m1/s1. The Hall–Kier alpha value is -1.42. The number of nitrogens with zero attached hydrogens (tertiary/aromatic N) is 2. The summed E-state index contributed by atoms with van der Waals surface area (Å²) in [6, 6.07) is 3.84. The Morgan fingerprint density at radius 3 is 3.18 bits per heavy atom. The van der Waals surface area contributed by atoms with Gasteiger partial charge < -0.3 is 10.0 Å². The van der Waals surface area contributed by atoms with E-state index >= 15 is 0 Å². The average molecular weight is 234 g/mol. The lowest BCUT2D eigenvalue weighted by atomic mass is 10.1. The lowest BCUT2D eigenvalue weighted by molar-refractivity contribution is -0.132. The predicted octanol–water partition coefficient (Wildman–Crippen LogP) is 0.916. The summed E-state index contributed by atoms with van der Waals surface area (Å²) in [6.45, 7) is 2.78.